The van der Waals surface area contributed by atoms with Gasteiger partial charge in [0.05, 0.1) is 18.8 Å². The molecule has 1 saturated heterocycles. The van der Waals surface area contributed by atoms with Gasteiger partial charge in [-0.15, -0.1) is 0 Å². The first-order valence-electron chi connectivity index (χ1n) is 11.1. The number of aliphatic imine (C=N–C) groups is 1. The van der Waals surface area contributed by atoms with Crippen LogP contribution in [0.3, 0.4) is 0 Å². The molecule has 188 valence electrons. The van der Waals surface area contributed by atoms with Crippen molar-refractivity contribution < 1.29 is 28.6 Å². The lowest BCUT2D eigenvalue weighted by atomic mass is 10.2. The molecule has 34 heavy (non-hydrogen) atoms. The normalized spacial score (nSPS) is 14.6. The van der Waals surface area contributed by atoms with E-state index in [1.165, 1.54) is 9.80 Å². The van der Waals surface area contributed by atoms with E-state index in [4.69, 9.17) is 14.2 Å². The van der Waals surface area contributed by atoms with Gasteiger partial charge in [-0.3, -0.25) is 5.32 Å². The third-order valence-electron chi connectivity index (χ3n) is 4.00. The molecule has 10 heteroatoms. The van der Waals surface area contributed by atoms with Crippen LogP contribution in [-0.4, -0.2) is 63.9 Å². The van der Waals surface area contributed by atoms with E-state index >= 15 is 0 Å². The topological polar surface area (TPSA) is 110 Å². The lowest BCUT2D eigenvalue weighted by Gasteiger charge is -2.27. The first kappa shape index (κ1) is 26.9. The van der Waals surface area contributed by atoms with Gasteiger partial charge in [0.15, 0.2) is 0 Å². The van der Waals surface area contributed by atoms with Gasteiger partial charge in [0, 0.05) is 5.69 Å². The fraction of sp³-hybridized carbons (Fsp3) is 0.583. The highest BCUT2D eigenvalue weighted by molar-refractivity contribution is 6.04. The summed E-state index contributed by atoms with van der Waals surface area (Å²) in [4.78, 5) is 44.7. The standard InChI is InChI=1S/C24H36N4O6/c1-22(2,3)32-19(29)26-17-12-10-16(11-13-17)25-18-27(20(30)33-23(4,5)6)14-15-28(18)21(31)34-24(7,8)9/h10-13H,14-15H2,1-9H3,(H,26,29). The summed E-state index contributed by atoms with van der Waals surface area (Å²) < 4.78 is 16.2. The number of anilines is 1. The highest BCUT2D eigenvalue weighted by Crippen LogP contribution is 2.23. The van der Waals surface area contributed by atoms with Crippen molar-refractivity contribution in [1.82, 2.24) is 9.80 Å². The average molecular weight is 477 g/mol. The smallest absolute Gasteiger partial charge is 0.417 e. The Bertz CT molecular complexity index is 898. The molecule has 1 fully saturated rings. The Balaban J connectivity index is 2.29. The van der Waals surface area contributed by atoms with Crippen LogP contribution in [0.4, 0.5) is 25.8 Å². The van der Waals surface area contributed by atoms with Gasteiger partial charge >= 0.3 is 18.3 Å². The second-order valence-electron chi connectivity index (χ2n) is 10.8. The minimum absolute atomic E-state index is 0.108. The van der Waals surface area contributed by atoms with Crippen LogP contribution in [0.5, 0.6) is 0 Å². The number of rotatable bonds is 2. The summed E-state index contributed by atoms with van der Waals surface area (Å²) >= 11 is 0. The third kappa shape index (κ3) is 8.57. The molecule has 0 atom stereocenters. The summed E-state index contributed by atoms with van der Waals surface area (Å²) in [7, 11) is 0. The number of ether oxygens (including phenoxy) is 3. The third-order valence-corrected chi connectivity index (χ3v) is 4.00. The first-order valence-corrected chi connectivity index (χ1v) is 11.1. The maximum Gasteiger partial charge on any atom is 0.417 e. The van der Waals surface area contributed by atoms with Gasteiger partial charge in [-0.2, -0.15) is 0 Å². The van der Waals surface area contributed by atoms with Crippen molar-refractivity contribution >= 4 is 35.6 Å². The molecule has 1 aromatic carbocycles. The largest absolute Gasteiger partial charge is 0.444 e. The van der Waals surface area contributed by atoms with E-state index in [1.54, 1.807) is 86.6 Å². The van der Waals surface area contributed by atoms with Gasteiger partial charge in [-0.25, -0.2) is 29.2 Å². The van der Waals surface area contributed by atoms with Crippen LogP contribution in [0.25, 0.3) is 0 Å². The summed E-state index contributed by atoms with van der Waals surface area (Å²) in [5.41, 5.74) is -1.06. The number of hydrogen-bond donors (Lipinski definition) is 1. The van der Waals surface area contributed by atoms with Gasteiger partial charge in [0.25, 0.3) is 0 Å². The summed E-state index contributed by atoms with van der Waals surface area (Å²) in [6.45, 7) is 16.3. The number of guanidine groups is 1. The highest BCUT2D eigenvalue weighted by atomic mass is 16.6. The first-order chi connectivity index (χ1) is 15.4. The molecule has 0 aromatic heterocycles. The SMILES string of the molecule is CC(C)(C)OC(=O)Nc1ccc(N=C2N(C(=O)OC(C)(C)C)CCN2C(=O)OC(C)(C)C)cc1. The van der Waals surface area contributed by atoms with Crippen molar-refractivity contribution in [3.8, 4) is 0 Å². The molecule has 1 aromatic rings. The molecular weight excluding hydrogens is 440 g/mol. The summed E-state index contributed by atoms with van der Waals surface area (Å²) in [6, 6.07) is 6.60. The van der Waals surface area contributed by atoms with Gasteiger partial charge in [-0.05, 0) is 86.6 Å². The van der Waals surface area contributed by atoms with Crippen molar-refractivity contribution in [2.24, 2.45) is 4.99 Å². The average Bonchev–Trinajstić information content (AvgIpc) is 3.02. The Morgan fingerprint density at radius 2 is 1.15 bits per heavy atom. The van der Waals surface area contributed by atoms with Crippen molar-refractivity contribution in [1.29, 1.82) is 0 Å². The number of amides is 3. The van der Waals surface area contributed by atoms with Crippen LogP contribution in [0, 0.1) is 0 Å². The van der Waals surface area contributed by atoms with Crippen molar-refractivity contribution in [2.75, 3.05) is 18.4 Å². The zero-order chi connectivity index (χ0) is 25.9. The molecule has 2 rings (SSSR count). The lowest BCUT2D eigenvalue weighted by Crippen LogP contribution is -2.44. The van der Waals surface area contributed by atoms with E-state index in [0.717, 1.165) is 0 Å². The van der Waals surface area contributed by atoms with Crippen LogP contribution in [0.1, 0.15) is 62.3 Å². The van der Waals surface area contributed by atoms with Crippen LogP contribution in [-0.2, 0) is 14.2 Å². The molecule has 0 saturated carbocycles. The Labute approximate surface area is 201 Å². The summed E-state index contributed by atoms with van der Waals surface area (Å²) in [5.74, 6) is 0.108. The second kappa shape index (κ2) is 9.90. The molecule has 0 unspecified atom stereocenters. The van der Waals surface area contributed by atoms with E-state index in [2.05, 4.69) is 10.3 Å². The van der Waals surface area contributed by atoms with Crippen LogP contribution >= 0.6 is 0 Å². The maximum atomic E-state index is 12.8. The van der Waals surface area contributed by atoms with Crippen LogP contribution in [0.2, 0.25) is 0 Å². The fourth-order valence-electron chi connectivity index (χ4n) is 2.80. The summed E-state index contributed by atoms with van der Waals surface area (Å²) in [5, 5.41) is 2.65. The minimum Gasteiger partial charge on any atom is -0.444 e. The highest BCUT2D eigenvalue weighted by Gasteiger charge is 2.39. The quantitative estimate of drug-likeness (QED) is 0.564. The Morgan fingerprint density at radius 1 is 0.735 bits per heavy atom. The molecule has 1 aliphatic rings. The number of carbonyl (C=O) groups is 3. The molecule has 0 aliphatic carbocycles. The molecule has 10 nitrogen and oxygen atoms in total. The Morgan fingerprint density at radius 3 is 1.53 bits per heavy atom. The molecule has 1 aliphatic heterocycles. The molecule has 3 amide bonds. The minimum atomic E-state index is -0.712. The van der Waals surface area contributed by atoms with Crippen LogP contribution < -0.4 is 5.32 Å². The number of benzene rings is 1. The van der Waals surface area contributed by atoms with Gasteiger partial charge in [0.2, 0.25) is 5.96 Å². The lowest BCUT2D eigenvalue weighted by molar-refractivity contribution is 0.0374. The van der Waals surface area contributed by atoms with Gasteiger partial charge in [0.1, 0.15) is 16.8 Å². The van der Waals surface area contributed by atoms with Crippen LogP contribution in [0.15, 0.2) is 29.3 Å². The zero-order valence-corrected chi connectivity index (χ0v) is 21.5. The van der Waals surface area contributed by atoms with Crippen molar-refractivity contribution in [2.45, 2.75) is 79.1 Å². The molecular formula is C24H36N4O6. The molecule has 0 spiro atoms. The monoisotopic (exact) mass is 476 g/mol. The van der Waals surface area contributed by atoms with Crippen molar-refractivity contribution in [3.63, 3.8) is 0 Å². The van der Waals surface area contributed by atoms with E-state index < -0.39 is 35.1 Å². The number of carbonyl (C=O) groups excluding carboxylic acids is 3. The number of nitrogens with one attached hydrogen (secondary N) is 1. The molecule has 0 bridgehead atoms. The van der Waals surface area contributed by atoms with Gasteiger partial charge in [-0.1, -0.05) is 0 Å². The van der Waals surface area contributed by atoms with E-state index in [0.29, 0.717) is 11.4 Å². The molecule has 1 heterocycles. The zero-order valence-electron chi connectivity index (χ0n) is 21.5. The van der Waals surface area contributed by atoms with E-state index in [9.17, 15) is 14.4 Å². The predicted octanol–water partition coefficient (Wildman–Crippen LogP) is 5.51. The van der Waals surface area contributed by atoms with Crippen molar-refractivity contribution in [3.05, 3.63) is 24.3 Å². The number of hydrogen-bond acceptors (Lipinski definition) is 7. The summed E-state index contributed by atoms with van der Waals surface area (Å²) in [6.07, 6.45) is -1.80. The predicted molar refractivity (Wildman–Crippen MR) is 129 cm³/mol. The maximum absolute atomic E-state index is 12.8. The Hall–Kier alpha value is -3.30. The number of nitrogens with zero attached hydrogens (tertiary/aromatic N) is 3. The molecule has 1 N–H and O–H groups in total. The van der Waals surface area contributed by atoms with E-state index in [-0.39, 0.29) is 19.0 Å². The second-order valence-corrected chi connectivity index (χ2v) is 10.8. The molecule has 0 radical (unpaired) electrons. The van der Waals surface area contributed by atoms with Gasteiger partial charge < -0.3 is 14.2 Å². The Kier molecular flexibility index (Phi) is 7.85. The fourth-order valence-corrected chi connectivity index (χ4v) is 2.80. The van der Waals surface area contributed by atoms with E-state index in [1.807, 2.05) is 0 Å².